The maximum Gasteiger partial charge on any atom is 0.326 e. The zero-order chi connectivity index (χ0) is 14.0. The summed E-state index contributed by atoms with van der Waals surface area (Å²) >= 11 is 5.79. The van der Waals surface area contributed by atoms with E-state index in [1.54, 1.807) is 24.3 Å². The number of hydrogen-bond donors (Lipinski definition) is 3. The normalized spacial score (nSPS) is 22.3. The number of amides is 2. The molecule has 2 rings (SSSR count). The Morgan fingerprint density at radius 3 is 2.79 bits per heavy atom. The average Bonchev–Trinajstić information content (AvgIpc) is 2.71. The summed E-state index contributed by atoms with van der Waals surface area (Å²) in [6, 6.07) is 4.97. The number of carboxylic acid groups (broad SMARTS) is 1. The molecule has 6 nitrogen and oxygen atoms in total. The number of carbonyl (C=O) groups excluding carboxylic acids is 1. The molecule has 1 aromatic rings. The van der Waals surface area contributed by atoms with Gasteiger partial charge in [-0.15, -0.1) is 0 Å². The fraction of sp³-hybridized carbons (Fsp3) is 0.333. The summed E-state index contributed by atoms with van der Waals surface area (Å²) in [5.74, 6) is -1.13. The Balaban J connectivity index is 2.09. The molecule has 1 fully saturated rings. The van der Waals surface area contributed by atoms with E-state index >= 15 is 0 Å². The third-order valence-corrected chi connectivity index (χ3v) is 3.14. The lowest BCUT2D eigenvalue weighted by atomic mass is 10.2. The van der Waals surface area contributed by atoms with E-state index in [2.05, 4.69) is 5.32 Å². The number of urea groups is 1. The van der Waals surface area contributed by atoms with Gasteiger partial charge in [0.1, 0.15) is 6.04 Å². The van der Waals surface area contributed by atoms with Crippen LogP contribution in [0.5, 0.6) is 0 Å². The maximum absolute atomic E-state index is 12.0. The van der Waals surface area contributed by atoms with Crippen molar-refractivity contribution in [1.82, 2.24) is 4.90 Å². The Bertz CT molecular complexity index is 508. The number of aliphatic carboxylic acids is 1. The Morgan fingerprint density at radius 1 is 1.42 bits per heavy atom. The van der Waals surface area contributed by atoms with Gasteiger partial charge < -0.3 is 20.4 Å². The van der Waals surface area contributed by atoms with Crippen molar-refractivity contribution in [2.45, 2.75) is 18.6 Å². The van der Waals surface area contributed by atoms with Crippen molar-refractivity contribution in [3.05, 3.63) is 29.3 Å². The molecule has 0 aromatic heterocycles. The van der Waals surface area contributed by atoms with Crippen LogP contribution in [0.1, 0.15) is 6.42 Å². The van der Waals surface area contributed by atoms with Gasteiger partial charge in [0.05, 0.1) is 6.10 Å². The number of halogens is 1. The number of aliphatic hydroxyl groups excluding tert-OH is 1. The molecule has 0 bridgehead atoms. The molecule has 0 aliphatic carbocycles. The highest BCUT2D eigenvalue weighted by molar-refractivity contribution is 6.30. The van der Waals surface area contributed by atoms with Crippen molar-refractivity contribution in [3.63, 3.8) is 0 Å². The summed E-state index contributed by atoms with van der Waals surface area (Å²) in [5.41, 5.74) is 0.475. The minimum Gasteiger partial charge on any atom is -0.480 e. The van der Waals surface area contributed by atoms with E-state index in [0.717, 1.165) is 4.90 Å². The SMILES string of the molecule is O=C(O)C1CC(O)CN1C(=O)Nc1cccc(Cl)c1. The first kappa shape index (κ1) is 13.6. The first-order chi connectivity index (χ1) is 8.97. The van der Waals surface area contributed by atoms with E-state index in [1.165, 1.54) is 0 Å². The first-order valence-corrected chi connectivity index (χ1v) is 6.09. The lowest BCUT2D eigenvalue weighted by Crippen LogP contribution is -2.43. The van der Waals surface area contributed by atoms with Crippen molar-refractivity contribution in [2.75, 3.05) is 11.9 Å². The van der Waals surface area contributed by atoms with Crippen LogP contribution < -0.4 is 5.32 Å². The van der Waals surface area contributed by atoms with Crippen LogP contribution in [-0.2, 0) is 4.79 Å². The monoisotopic (exact) mass is 284 g/mol. The van der Waals surface area contributed by atoms with E-state index in [1.807, 2.05) is 0 Å². The zero-order valence-electron chi connectivity index (χ0n) is 9.91. The van der Waals surface area contributed by atoms with E-state index in [0.29, 0.717) is 10.7 Å². The molecule has 0 saturated carbocycles. The van der Waals surface area contributed by atoms with Crippen LogP contribution in [0.2, 0.25) is 5.02 Å². The molecule has 19 heavy (non-hydrogen) atoms. The summed E-state index contributed by atoms with van der Waals surface area (Å²) < 4.78 is 0. The molecular weight excluding hydrogens is 272 g/mol. The van der Waals surface area contributed by atoms with Crippen molar-refractivity contribution in [1.29, 1.82) is 0 Å². The van der Waals surface area contributed by atoms with E-state index in [-0.39, 0.29) is 13.0 Å². The highest BCUT2D eigenvalue weighted by atomic mass is 35.5. The second-order valence-corrected chi connectivity index (χ2v) is 4.77. The molecule has 7 heteroatoms. The standard InChI is InChI=1S/C12H13ClN2O4/c13-7-2-1-3-8(4-7)14-12(19)15-6-9(16)5-10(15)11(17)18/h1-4,9-10,16H,5-6H2,(H,14,19)(H,17,18). The van der Waals surface area contributed by atoms with Crippen LogP contribution in [0.3, 0.4) is 0 Å². The predicted octanol–water partition coefficient (Wildman–Crippen LogP) is 1.39. The molecule has 2 unspecified atom stereocenters. The number of anilines is 1. The first-order valence-electron chi connectivity index (χ1n) is 5.71. The average molecular weight is 285 g/mol. The molecule has 0 spiro atoms. The van der Waals surface area contributed by atoms with Gasteiger partial charge in [0.2, 0.25) is 0 Å². The van der Waals surface area contributed by atoms with Crippen LogP contribution in [0, 0.1) is 0 Å². The second kappa shape index (κ2) is 5.46. The fourth-order valence-electron chi connectivity index (χ4n) is 2.03. The molecule has 1 aliphatic heterocycles. The van der Waals surface area contributed by atoms with Gasteiger partial charge in [-0.3, -0.25) is 0 Å². The van der Waals surface area contributed by atoms with Gasteiger partial charge in [-0.1, -0.05) is 17.7 Å². The number of β-amino-alcohol motifs (C(OH)–C–C–N with tert-alkyl or cyclic N) is 1. The molecule has 1 aliphatic rings. The summed E-state index contributed by atoms with van der Waals surface area (Å²) in [5, 5.41) is 21.5. The molecule has 1 heterocycles. The number of nitrogens with one attached hydrogen (secondary N) is 1. The number of nitrogens with zero attached hydrogens (tertiary/aromatic N) is 1. The zero-order valence-corrected chi connectivity index (χ0v) is 10.7. The summed E-state index contributed by atoms with van der Waals surface area (Å²) in [6.45, 7) is 0.00334. The van der Waals surface area contributed by atoms with E-state index in [9.17, 15) is 14.7 Å². The lowest BCUT2D eigenvalue weighted by molar-refractivity contribution is -0.141. The molecular formula is C12H13ClN2O4. The van der Waals surface area contributed by atoms with Gasteiger partial charge in [-0.05, 0) is 18.2 Å². The van der Waals surface area contributed by atoms with Crippen molar-refractivity contribution < 1.29 is 19.8 Å². The number of aliphatic hydroxyl groups is 1. The van der Waals surface area contributed by atoms with Gasteiger partial charge in [0.15, 0.2) is 0 Å². The summed E-state index contributed by atoms with van der Waals surface area (Å²) in [4.78, 5) is 24.1. The molecule has 2 amide bonds. The van der Waals surface area contributed by atoms with Crippen LogP contribution in [0.4, 0.5) is 10.5 Å². The van der Waals surface area contributed by atoms with Crippen LogP contribution >= 0.6 is 11.6 Å². The summed E-state index contributed by atoms with van der Waals surface area (Å²) in [6.07, 6.45) is -0.774. The van der Waals surface area contributed by atoms with Crippen LogP contribution in [0.15, 0.2) is 24.3 Å². The maximum atomic E-state index is 12.0. The Labute approximate surface area is 114 Å². The Morgan fingerprint density at radius 2 is 2.16 bits per heavy atom. The van der Waals surface area contributed by atoms with Crippen molar-refractivity contribution in [3.8, 4) is 0 Å². The topological polar surface area (TPSA) is 89.9 Å². The van der Waals surface area contributed by atoms with Gasteiger partial charge in [0, 0.05) is 23.7 Å². The summed E-state index contributed by atoms with van der Waals surface area (Å²) in [7, 11) is 0. The molecule has 1 aromatic carbocycles. The van der Waals surface area contributed by atoms with Gasteiger partial charge in [-0.2, -0.15) is 0 Å². The number of benzene rings is 1. The van der Waals surface area contributed by atoms with Gasteiger partial charge in [0.25, 0.3) is 0 Å². The molecule has 3 N–H and O–H groups in total. The number of rotatable bonds is 2. The minimum absolute atomic E-state index is 0.00334. The van der Waals surface area contributed by atoms with Crippen LogP contribution in [-0.4, -0.2) is 45.8 Å². The van der Waals surface area contributed by atoms with E-state index in [4.69, 9.17) is 16.7 Å². The highest BCUT2D eigenvalue weighted by Gasteiger charge is 2.38. The molecule has 2 atom stereocenters. The fourth-order valence-corrected chi connectivity index (χ4v) is 2.22. The molecule has 1 saturated heterocycles. The number of likely N-dealkylation sites (tertiary alicyclic amines) is 1. The van der Waals surface area contributed by atoms with Crippen molar-refractivity contribution >= 4 is 29.3 Å². The molecule has 102 valence electrons. The predicted molar refractivity (Wildman–Crippen MR) is 69.2 cm³/mol. The smallest absolute Gasteiger partial charge is 0.326 e. The number of hydrogen-bond acceptors (Lipinski definition) is 3. The van der Waals surface area contributed by atoms with Crippen molar-refractivity contribution in [2.24, 2.45) is 0 Å². The number of carbonyl (C=O) groups is 2. The third-order valence-electron chi connectivity index (χ3n) is 2.90. The third kappa shape index (κ3) is 3.15. The van der Waals surface area contributed by atoms with Gasteiger partial charge in [-0.25, -0.2) is 9.59 Å². The second-order valence-electron chi connectivity index (χ2n) is 4.34. The Hall–Kier alpha value is -1.79. The number of carboxylic acids is 1. The quantitative estimate of drug-likeness (QED) is 0.765. The van der Waals surface area contributed by atoms with Crippen LogP contribution in [0.25, 0.3) is 0 Å². The lowest BCUT2D eigenvalue weighted by Gasteiger charge is -2.21. The highest BCUT2D eigenvalue weighted by Crippen LogP contribution is 2.21. The minimum atomic E-state index is -1.13. The van der Waals surface area contributed by atoms with Gasteiger partial charge >= 0.3 is 12.0 Å². The van der Waals surface area contributed by atoms with E-state index < -0.39 is 24.1 Å². The Kier molecular flexibility index (Phi) is 3.92. The largest absolute Gasteiger partial charge is 0.480 e. The molecule has 0 radical (unpaired) electrons.